The zero-order valence-electron chi connectivity index (χ0n) is 44.2. The molecule has 4 aromatic carbocycles. The number of aromatic nitrogens is 2. The minimum Gasteiger partial charge on any atom is -0.422 e. The largest absolute Gasteiger partial charge is 0.422 e. The lowest BCUT2D eigenvalue weighted by Gasteiger charge is -2.21. The summed E-state index contributed by atoms with van der Waals surface area (Å²) in [6.07, 6.45) is 0. The molecule has 0 fully saturated rings. The first-order valence-electron chi connectivity index (χ1n) is 26.2. The average molecular weight is 1020 g/mol. The Morgan fingerprint density at radius 1 is 0.303 bits per heavy atom. The second-order valence-electron chi connectivity index (χ2n) is 18.6. The van der Waals surface area contributed by atoms with E-state index in [4.69, 9.17) is 27.6 Å². The van der Waals surface area contributed by atoms with Gasteiger partial charge in [-0.05, 0) is 164 Å². The summed E-state index contributed by atoms with van der Waals surface area (Å²) in [6.45, 7) is 22.7. The van der Waals surface area contributed by atoms with E-state index < -0.39 is 22.5 Å². The fourth-order valence-electron chi connectivity index (χ4n) is 10.2. The summed E-state index contributed by atoms with van der Waals surface area (Å²) in [6, 6.07) is 36.9. The lowest BCUT2D eigenvalue weighted by atomic mass is 9.97. The molecular weight excluding hydrogens is 957 g/mol. The van der Waals surface area contributed by atoms with Gasteiger partial charge in [-0.15, -0.1) is 0 Å². The summed E-state index contributed by atoms with van der Waals surface area (Å²) >= 11 is 0. The van der Waals surface area contributed by atoms with Crippen molar-refractivity contribution in [3.63, 3.8) is 0 Å². The molecule has 14 heteroatoms. The van der Waals surface area contributed by atoms with Crippen LogP contribution in [0.15, 0.2) is 158 Å². The Balaban J connectivity index is 1.21. The molecule has 0 aliphatic carbocycles. The summed E-state index contributed by atoms with van der Waals surface area (Å²) in [5.74, 6) is 0. The van der Waals surface area contributed by atoms with Gasteiger partial charge in [0.1, 0.15) is 22.3 Å². The van der Waals surface area contributed by atoms with Crippen LogP contribution >= 0.6 is 0 Å². The van der Waals surface area contributed by atoms with E-state index in [1.54, 1.807) is 48.5 Å². The highest BCUT2D eigenvalue weighted by Crippen LogP contribution is 2.36. The van der Waals surface area contributed by atoms with Gasteiger partial charge < -0.3 is 37.3 Å². The van der Waals surface area contributed by atoms with Gasteiger partial charge in [-0.2, -0.15) is 0 Å². The third-order valence-electron chi connectivity index (χ3n) is 14.5. The van der Waals surface area contributed by atoms with Crippen LogP contribution in [0.2, 0.25) is 0 Å². The first kappa shape index (κ1) is 50.7. The summed E-state index contributed by atoms with van der Waals surface area (Å²) in [5.41, 5.74) is 5.12. The van der Waals surface area contributed by atoms with Crippen LogP contribution in [0.25, 0.3) is 100 Å². The molecule has 0 atom stereocenters. The number of fused-ring (bicyclic) bond motifs is 4. The molecule has 0 saturated heterocycles. The maximum absolute atomic E-state index is 14.3. The number of pyridine rings is 2. The van der Waals surface area contributed by atoms with E-state index in [-0.39, 0.29) is 45.0 Å². The van der Waals surface area contributed by atoms with E-state index in [1.165, 1.54) is 0 Å². The highest BCUT2D eigenvalue weighted by Gasteiger charge is 2.22. The monoisotopic (exact) mass is 1020 g/mol. The maximum atomic E-state index is 14.3. The molecule has 0 N–H and O–H groups in total. The molecule has 0 aliphatic heterocycles. The van der Waals surface area contributed by atoms with Crippen LogP contribution in [-0.2, 0) is 0 Å². The number of benzene rings is 4. The third kappa shape index (κ3) is 9.62. The second-order valence-corrected chi connectivity index (χ2v) is 18.6. The molecule has 6 aromatic heterocycles. The van der Waals surface area contributed by atoms with Crippen molar-refractivity contribution in [2.24, 2.45) is 0 Å². The standard InChI is InChI=1S/C62H60N6O8/c1-9-65(10-2)43-21-17-37-25-47(59(69)73-55(37)33-43)51-29-41(30-52(63-51)48-26-38-18-22-44(66(11-3)12-4)34-56(38)74-60(48)70)42-31-53(49-27-39-19-23-45(67(13-5)14-6)35-57(39)75-61(49)71)64-54(32-42)50-28-40-20-24-46(68(15-7)16-8)36-58(40)76-62(50)72/h17-36H,9-16H2,1-8H3. The van der Waals surface area contributed by atoms with Gasteiger partial charge in [0.25, 0.3) is 0 Å². The molecule has 76 heavy (non-hydrogen) atoms. The van der Waals surface area contributed by atoms with Gasteiger partial charge in [-0.3, -0.25) is 0 Å². The molecule has 0 spiro atoms. The van der Waals surface area contributed by atoms with E-state index in [2.05, 4.69) is 75.0 Å². The van der Waals surface area contributed by atoms with Crippen molar-refractivity contribution in [1.29, 1.82) is 0 Å². The molecular formula is C62H60N6O8. The lowest BCUT2D eigenvalue weighted by Crippen LogP contribution is -2.21. The molecule has 0 bridgehead atoms. The molecule has 0 saturated carbocycles. The second kappa shape index (κ2) is 21.2. The minimum absolute atomic E-state index is 0.147. The summed E-state index contributed by atoms with van der Waals surface area (Å²) in [7, 11) is 0. The summed E-state index contributed by atoms with van der Waals surface area (Å²) in [5, 5.41) is 2.67. The molecule has 10 aromatic rings. The Morgan fingerprint density at radius 2 is 0.513 bits per heavy atom. The molecule has 0 unspecified atom stereocenters. The Labute approximate surface area is 439 Å². The Bertz CT molecular complexity index is 3570. The number of rotatable bonds is 17. The molecule has 14 nitrogen and oxygen atoms in total. The average Bonchev–Trinajstić information content (AvgIpc) is 3.43. The van der Waals surface area contributed by atoms with Crippen LogP contribution in [0.1, 0.15) is 55.4 Å². The topological polar surface area (TPSA) is 160 Å². The van der Waals surface area contributed by atoms with E-state index in [1.807, 2.05) is 72.8 Å². The van der Waals surface area contributed by atoms with Crippen LogP contribution in [-0.4, -0.2) is 62.3 Å². The van der Waals surface area contributed by atoms with E-state index in [0.29, 0.717) is 55.0 Å². The van der Waals surface area contributed by atoms with Crippen LogP contribution in [0.5, 0.6) is 0 Å². The minimum atomic E-state index is -0.638. The van der Waals surface area contributed by atoms with Crippen molar-refractivity contribution in [3.8, 4) is 56.2 Å². The molecule has 0 radical (unpaired) electrons. The zero-order chi connectivity index (χ0) is 53.4. The van der Waals surface area contributed by atoms with Crippen LogP contribution in [0.3, 0.4) is 0 Å². The Hall–Kier alpha value is -8.78. The smallest absolute Gasteiger partial charge is 0.345 e. The highest BCUT2D eigenvalue weighted by molar-refractivity contribution is 5.91. The Kier molecular flexibility index (Phi) is 14.2. The van der Waals surface area contributed by atoms with E-state index >= 15 is 0 Å². The number of hydrogen-bond donors (Lipinski definition) is 0. The molecule has 0 aliphatic rings. The Morgan fingerprint density at radius 3 is 0.711 bits per heavy atom. The molecule has 386 valence electrons. The first-order chi connectivity index (χ1) is 36.9. The normalized spacial score (nSPS) is 11.5. The number of hydrogen-bond acceptors (Lipinski definition) is 14. The SMILES string of the molecule is CCN(CC)c1ccc2cc(-c3cc(-c4cc(-c5cc6ccc(N(CC)CC)cc6oc5=O)nc(-c5cc6ccc(N(CC)CC)cc6oc5=O)c4)cc(-c4cc5ccc(N(CC)CC)cc5oc4=O)n3)c(=O)oc2c1. The van der Waals surface area contributed by atoms with Crippen molar-refractivity contribution in [2.75, 3.05) is 72.0 Å². The number of nitrogens with zero attached hydrogens (tertiary/aromatic N) is 6. The molecule has 0 amide bonds. The van der Waals surface area contributed by atoms with Crippen molar-refractivity contribution < 1.29 is 17.7 Å². The van der Waals surface area contributed by atoms with Gasteiger partial charge in [0.2, 0.25) is 0 Å². The highest BCUT2D eigenvalue weighted by atomic mass is 16.4. The van der Waals surface area contributed by atoms with Gasteiger partial charge in [0, 0.05) is 121 Å². The molecule has 10 rings (SSSR count). The fraction of sp³-hybridized carbons (Fsp3) is 0.258. The number of anilines is 4. The van der Waals surface area contributed by atoms with Crippen molar-refractivity contribution in [3.05, 3.63) is 163 Å². The van der Waals surface area contributed by atoms with Crippen LogP contribution in [0.4, 0.5) is 22.7 Å². The summed E-state index contributed by atoms with van der Waals surface area (Å²) < 4.78 is 24.2. The maximum Gasteiger partial charge on any atom is 0.345 e. The van der Waals surface area contributed by atoms with Gasteiger partial charge in [-0.25, -0.2) is 29.1 Å². The third-order valence-corrected chi connectivity index (χ3v) is 14.5. The zero-order valence-corrected chi connectivity index (χ0v) is 44.2. The van der Waals surface area contributed by atoms with Gasteiger partial charge >= 0.3 is 22.5 Å². The van der Waals surface area contributed by atoms with Gasteiger partial charge in [0.15, 0.2) is 0 Å². The van der Waals surface area contributed by atoms with E-state index in [9.17, 15) is 19.2 Å². The van der Waals surface area contributed by atoms with Gasteiger partial charge in [-0.1, -0.05) is 0 Å². The fourth-order valence-corrected chi connectivity index (χ4v) is 10.2. The van der Waals surface area contributed by atoms with Crippen LogP contribution in [0, 0.1) is 0 Å². The van der Waals surface area contributed by atoms with Crippen molar-refractivity contribution in [1.82, 2.24) is 9.97 Å². The lowest BCUT2D eigenvalue weighted by molar-refractivity contribution is 0.562. The predicted octanol–water partition coefficient (Wildman–Crippen LogP) is 12.6. The van der Waals surface area contributed by atoms with Crippen molar-refractivity contribution in [2.45, 2.75) is 55.4 Å². The predicted molar refractivity (Wildman–Crippen MR) is 308 cm³/mol. The van der Waals surface area contributed by atoms with E-state index in [0.717, 1.165) is 75.1 Å². The first-order valence-corrected chi connectivity index (χ1v) is 26.2. The van der Waals surface area contributed by atoms with Gasteiger partial charge in [0.05, 0.1) is 45.0 Å². The molecule has 6 heterocycles. The van der Waals surface area contributed by atoms with Crippen LogP contribution < -0.4 is 42.1 Å². The summed E-state index contributed by atoms with van der Waals surface area (Å²) in [4.78, 5) is 75.8. The van der Waals surface area contributed by atoms with Crippen molar-refractivity contribution >= 4 is 66.6 Å². The quantitative estimate of drug-likeness (QED) is 0.0793.